The van der Waals surface area contributed by atoms with E-state index in [2.05, 4.69) is 15.2 Å². The zero-order chi connectivity index (χ0) is 10.1. The highest BCUT2D eigenvalue weighted by atomic mass is 16.3. The van der Waals surface area contributed by atoms with E-state index in [0.717, 1.165) is 10.9 Å². The SMILES string of the molecule is CC(C)c1cc2ccnnc2nc1O. The summed E-state index contributed by atoms with van der Waals surface area (Å²) >= 11 is 0. The lowest BCUT2D eigenvalue weighted by molar-refractivity contribution is 0.445. The van der Waals surface area contributed by atoms with Crippen molar-refractivity contribution >= 4 is 11.0 Å². The molecule has 0 saturated carbocycles. The van der Waals surface area contributed by atoms with Crippen molar-refractivity contribution in [2.45, 2.75) is 19.8 Å². The molecule has 2 rings (SSSR count). The lowest BCUT2D eigenvalue weighted by Crippen LogP contribution is -1.93. The number of pyridine rings is 1. The third-order valence-electron chi connectivity index (χ3n) is 2.13. The molecule has 0 aromatic carbocycles. The molecule has 0 radical (unpaired) electrons. The van der Waals surface area contributed by atoms with Crippen LogP contribution in [0.2, 0.25) is 0 Å². The summed E-state index contributed by atoms with van der Waals surface area (Å²) in [6, 6.07) is 3.73. The first-order valence-corrected chi connectivity index (χ1v) is 4.50. The van der Waals surface area contributed by atoms with Crippen LogP contribution in [-0.2, 0) is 0 Å². The molecule has 2 heterocycles. The number of rotatable bonds is 1. The molecule has 0 amide bonds. The maximum absolute atomic E-state index is 9.60. The molecule has 0 aliphatic carbocycles. The number of hydrogen-bond donors (Lipinski definition) is 1. The van der Waals surface area contributed by atoms with Crippen molar-refractivity contribution in [3.05, 3.63) is 23.9 Å². The van der Waals surface area contributed by atoms with Gasteiger partial charge in [-0.3, -0.25) is 0 Å². The molecule has 0 aliphatic heterocycles. The number of hydrogen-bond acceptors (Lipinski definition) is 4. The smallest absolute Gasteiger partial charge is 0.216 e. The van der Waals surface area contributed by atoms with Crippen LogP contribution in [0.4, 0.5) is 0 Å². The number of aromatic hydroxyl groups is 1. The van der Waals surface area contributed by atoms with E-state index in [1.165, 1.54) is 0 Å². The molecule has 72 valence electrons. The topological polar surface area (TPSA) is 58.9 Å². The Morgan fingerprint density at radius 2 is 2.14 bits per heavy atom. The van der Waals surface area contributed by atoms with E-state index < -0.39 is 0 Å². The molecule has 0 fully saturated rings. The highest BCUT2D eigenvalue weighted by Gasteiger charge is 2.09. The Kier molecular flexibility index (Phi) is 2.04. The highest BCUT2D eigenvalue weighted by molar-refractivity contribution is 5.75. The van der Waals surface area contributed by atoms with Crippen molar-refractivity contribution in [2.75, 3.05) is 0 Å². The fraction of sp³-hybridized carbons (Fsp3) is 0.300. The average Bonchev–Trinajstić information content (AvgIpc) is 2.16. The predicted molar refractivity (Wildman–Crippen MR) is 53.1 cm³/mol. The van der Waals surface area contributed by atoms with Crippen molar-refractivity contribution in [1.29, 1.82) is 0 Å². The van der Waals surface area contributed by atoms with Crippen LogP contribution in [0.3, 0.4) is 0 Å². The second kappa shape index (κ2) is 3.21. The largest absolute Gasteiger partial charge is 0.493 e. The second-order valence-electron chi connectivity index (χ2n) is 3.50. The molecule has 0 atom stereocenters. The molecule has 0 spiro atoms. The maximum Gasteiger partial charge on any atom is 0.216 e. The summed E-state index contributed by atoms with van der Waals surface area (Å²) in [5, 5.41) is 18.0. The zero-order valence-corrected chi connectivity index (χ0v) is 8.10. The van der Waals surface area contributed by atoms with Crippen molar-refractivity contribution in [3.63, 3.8) is 0 Å². The molecule has 14 heavy (non-hydrogen) atoms. The van der Waals surface area contributed by atoms with Crippen LogP contribution >= 0.6 is 0 Å². The van der Waals surface area contributed by atoms with Crippen LogP contribution in [0.1, 0.15) is 25.3 Å². The van der Waals surface area contributed by atoms with E-state index in [9.17, 15) is 5.11 Å². The van der Waals surface area contributed by atoms with Crippen LogP contribution in [-0.4, -0.2) is 20.3 Å². The summed E-state index contributed by atoms with van der Waals surface area (Å²) in [7, 11) is 0. The van der Waals surface area contributed by atoms with Gasteiger partial charge in [0, 0.05) is 10.9 Å². The van der Waals surface area contributed by atoms with Gasteiger partial charge in [-0.15, -0.1) is 5.10 Å². The minimum Gasteiger partial charge on any atom is -0.493 e. The Morgan fingerprint density at radius 1 is 1.36 bits per heavy atom. The van der Waals surface area contributed by atoms with Crippen molar-refractivity contribution in [3.8, 4) is 5.88 Å². The molecule has 1 N–H and O–H groups in total. The van der Waals surface area contributed by atoms with Gasteiger partial charge in [0.1, 0.15) is 0 Å². The first kappa shape index (κ1) is 8.87. The summed E-state index contributed by atoms with van der Waals surface area (Å²) in [5.74, 6) is 0.299. The third-order valence-corrected chi connectivity index (χ3v) is 2.13. The van der Waals surface area contributed by atoms with Gasteiger partial charge in [-0.05, 0) is 18.1 Å². The summed E-state index contributed by atoms with van der Waals surface area (Å²) in [5.41, 5.74) is 1.32. The van der Waals surface area contributed by atoms with Gasteiger partial charge in [0.25, 0.3) is 0 Å². The lowest BCUT2D eigenvalue weighted by Gasteiger charge is -2.07. The van der Waals surface area contributed by atoms with Gasteiger partial charge in [0.2, 0.25) is 5.88 Å². The second-order valence-corrected chi connectivity index (χ2v) is 3.50. The van der Waals surface area contributed by atoms with E-state index in [4.69, 9.17) is 0 Å². The van der Waals surface area contributed by atoms with Crippen molar-refractivity contribution in [1.82, 2.24) is 15.2 Å². The summed E-state index contributed by atoms with van der Waals surface area (Å²) < 4.78 is 0. The van der Waals surface area contributed by atoms with Gasteiger partial charge in [0.15, 0.2) is 5.65 Å². The lowest BCUT2D eigenvalue weighted by atomic mass is 10.0. The van der Waals surface area contributed by atoms with E-state index in [0.29, 0.717) is 5.65 Å². The summed E-state index contributed by atoms with van der Waals surface area (Å²) in [4.78, 5) is 3.98. The molecule has 0 unspecified atom stereocenters. The fourth-order valence-electron chi connectivity index (χ4n) is 1.36. The Hall–Kier alpha value is -1.71. The third kappa shape index (κ3) is 1.39. The van der Waals surface area contributed by atoms with E-state index in [-0.39, 0.29) is 11.8 Å². The van der Waals surface area contributed by atoms with Crippen molar-refractivity contribution in [2.24, 2.45) is 0 Å². The van der Waals surface area contributed by atoms with E-state index >= 15 is 0 Å². The minimum absolute atomic E-state index is 0.0491. The standard InChI is InChI=1S/C10H11N3O/c1-6(2)8-5-7-3-4-11-13-9(7)12-10(8)14/h3-6H,1-2H3,(H,12,13,14). The number of fused-ring (bicyclic) bond motifs is 1. The molecule has 4 nitrogen and oxygen atoms in total. The minimum atomic E-state index is 0.0491. The normalized spacial score (nSPS) is 11.1. The van der Waals surface area contributed by atoms with Crippen molar-refractivity contribution < 1.29 is 5.11 Å². The summed E-state index contributed by atoms with van der Waals surface area (Å²) in [6.07, 6.45) is 1.62. The van der Waals surface area contributed by atoms with Crippen LogP contribution in [0.25, 0.3) is 11.0 Å². The van der Waals surface area contributed by atoms with Gasteiger partial charge in [-0.2, -0.15) is 10.1 Å². The Bertz CT molecular complexity index is 468. The van der Waals surface area contributed by atoms with E-state index in [1.807, 2.05) is 26.0 Å². The van der Waals surface area contributed by atoms with Gasteiger partial charge in [0.05, 0.1) is 6.20 Å². The molecular formula is C10H11N3O. The van der Waals surface area contributed by atoms with Gasteiger partial charge < -0.3 is 5.11 Å². The van der Waals surface area contributed by atoms with E-state index in [1.54, 1.807) is 6.20 Å². The van der Waals surface area contributed by atoms with Gasteiger partial charge >= 0.3 is 0 Å². The Balaban J connectivity index is 2.71. The summed E-state index contributed by atoms with van der Waals surface area (Å²) in [6.45, 7) is 4.02. The first-order valence-electron chi connectivity index (χ1n) is 4.50. The van der Waals surface area contributed by atoms with Crippen LogP contribution in [0.5, 0.6) is 5.88 Å². The maximum atomic E-state index is 9.60. The molecule has 0 aliphatic rings. The van der Waals surface area contributed by atoms with Gasteiger partial charge in [-0.25, -0.2) is 0 Å². The Labute approximate surface area is 81.6 Å². The quantitative estimate of drug-likeness (QED) is 0.743. The first-order chi connectivity index (χ1) is 6.68. The zero-order valence-electron chi connectivity index (χ0n) is 8.10. The molecular weight excluding hydrogens is 178 g/mol. The van der Waals surface area contributed by atoms with Crippen LogP contribution in [0.15, 0.2) is 18.3 Å². The Morgan fingerprint density at radius 3 is 2.86 bits per heavy atom. The number of nitrogens with zero attached hydrogens (tertiary/aromatic N) is 3. The molecule has 2 aromatic rings. The molecule has 2 aromatic heterocycles. The van der Waals surface area contributed by atoms with Crippen LogP contribution < -0.4 is 0 Å². The number of aromatic nitrogens is 3. The fourth-order valence-corrected chi connectivity index (χ4v) is 1.36. The predicted octanol–water partition coefficient (Wildman–Crippen LogP) is 1.85. The molecule has 4 heteroatoms. The highest BCUT2D eigenvalue weighted by Crippen LogP contribution is 2.25. The molecule has 0 bridgehead atoms. The van der Waals surface area contributed by atoms with Gasteiger partial charge in [-0.1, -0.05) is 13.8 Å². The van der Waals surface area contributed by atoms with Crippen LogP contribution in [0, 0.1) is 0 Å². The average molecular weight is 189 g/mol. The monoisotopic (exact) mass is 189 g/mol. The molecule has 0 saturated heterocycles.